The van der Waals surface area contributed by atoms with Crippen LogP contribution in [0.25, 0.3) is 11.2 Å². The minimum Gasteiger partial charge on any atom is -0.394 e. The van der Waals surface area contributed by atoms with Crippen LogP contribution in [-0.4, -0.2) is 48.5 Å². The van der Waals surface area contributed by atoms with Crippen molar-refractivity contribution in [2.75, 3.05) is 12.3 Å². The molecule has 1 aliphatic heterocycles. The van der Waals surface area contributed by atoms with Gasteiger partial charge in [0, 0.05) is 6.42 Å². The maximum absolute atomic E-state index is 12.5. The van der Waals surface area contributed by atoms with Gasteiger partial charge in [0.25, 0.3) is 5.56 Å². The van der Waals surface area contributed by atoms with E-state index in [4.69, 9.17) is 10.5 Å². The highest BCUT2D eigenvalue weighted by atomic mass is 16.5. The molecule has 2 aromatic rings. The minimum absolute atomic E-state index is 0.173. The van der Waals surface area contributed by atoms with Crippen molar-refractivity contribution in [2.45, 2.75) is 38.7 Å². The highest BCUT2D eigenvalue weighted by molar-refractivity contribution is 5.81. The van der Waals surface area contributed by atoms with E-state index in [0.29, 0.717) is 11.3 Å². The van der Waals surface area contributed by atoms with Crippen LogP contribution < -0.4 is 11.3 Å². The molecular weight excluding hydrogens is 290 g/mol. The minimum atomic E-state index is -0.856. The fourth-order valence-corrected chi connectivity index (χ4v) is 2.64. The Morgan fingerprint density at radius 1 is 1.36 bits per heavy atom. The van der Waals surface area contributed by atoms with E-state index in [-0.39, 0.29) is 35.7 Å². The van der Waals surface area contributed by atoms with Crippen LogP contribution in [0.2, 0.25) is 0 Å². The van der Waals surface area contributed by atoms with Crippen molar-refractivity contribution in [2.24, 2.45) is 0 Å². The Bertz CT molecular complexity index is 790. The quantitative estimate of drug-likeness (QED) is 0.644. The van der Waals surface area contributed by atoms with Crippen LogP contribution in [-0.2, 0) is 4.74 Å². The SMILES string of the molecule is Cc1nc(N)c2nc(C)c(=O)n(C3CC(O)C(CO)O3)c2n1. The number of aromatic nitrogens is 4. The van der Waals surface area contributed by atoms with Gasteiger partial charge in [-0.05, 0) is 13.8 Å². The van der Waals surface area contributed by atoms with Crippen molar-refractivity contribution >= 4 is 17.0 Å². The topological polar surface area (TPSA) is 136 Å². The van der Waals surface area contributed by atoms with E-state index in [9.17, 15) is 15.0 Å². The summed E-state index contributed by atoms with van der Waals surface area (Å²) in [6.45, 7) is 2.89. The number of fused-ring (bicyclic) bond motifs is 1. The molecule has 1 fully saturated rings. The van der Waals surface area contributed by atoms with Crippen LogP contribution in [0.15, 0.2) is 4.79 Å². The van der Waals surface area contributed by atoms with Crippen molar-refractivity contribution in [3.63, 3.8) is 0 Å². The second kappa shape index (κ2) is 5.27. The Labute approximate surface area is 125 Å². The molecule has 9 heteroatoms. The Kier molecular flexibility index (Phi) is 3.55. The third-order valence-electron chi connectivity index (χ3n) is 3.71. The van der Waals surface area contributed by atoms with E-state index in [1.807, 2.05) is 0 Å². The van der Waals surface area contributed by atoms with Crippen LogP contribution in [0, 0.1) is 13.8 Å². The zero-order valence-corrected chi connectivity index (χ0v) is 12.2. The lowest BCUT2D eigenvalue weighted by atomic mass is 10.2. The molecule has 4 N–H and O–H groups in total. The molecule has 3 heterocycles. The highest BCUT2D eigenvalue weighted by Crippen LogP contribution is 2.29. The number of nitrogens with zero attached hydrogens (tertiary/aromatic N) is 4. The van der Waals surface area contributed by atoms with E-state index < -0.39 is 18.4 Å². The number of hydrogen-bond donors (Lipinski definition) is 3. The number of ether oxygens (including phenoxy) is 1. The molecule has 9 nitrogen and oxygen atoms in total. The summed E-state index contributed by atoms with van der Waals surface area (Å²) < 4.78 is 6.89. The van der Waals surface area contributed by atoms with Crippen molar-refractivity contribution in [1.29, 1.82) is 0 Å². The number of anilines is 1. The largest absolute Gasteiger partial charge is 0.394 e. The molecule has 22 heavy (non-hydrogen) atoms. The highest BCUT2D eigenvalue weighted by Gasteiger charge is 2.36. The van der Waals surface area contributed by atoms with E-state index >= 15 is 0 Å². The van der Waals surface area contributed by atoms with E-state index in [2.05, 4.69) is 15.0 Å². The second-order valence-electron chi connectivity index (χ2n) is 5.32. The molecule has 1 aliphatic rings. The lowest BCUT2D eigenvalue weighted by Crippen LogP contribution is -2.30. The lowest BCUT2D eigenvalue weighted by molar-refractivity contribution is -0.0442. The molecule has 118 valence electrons. The summed E-state index contributed by atoms with van der Waals surface area (Å²) in [5.74, 6) is 0.581. The summed E-state index contributed by atoms with van der Waals surface area (Å²) in [5.41, 5.74) is 6.30. The van der Waals surface area contributed by atoms with Gasteiger partial charge >= 0.3 is 0 Å². The smallest absolute Gasteiger partial charge is 0.275 e. The summed E-state index contributed by atoms with van der Waals surface area (Å²) in [5, 5.41) is 19.1. The Balaban J connectivity index is 2.24. The van der Waals surface area contributed by atoms with E-state index in [0.717, 1.165) is 0 Å². The first kappa shape index (κ1) is 14.8. The predicted molar refractivity (Wildman–Crippen MR) is 77.1 cm³/mol. The van der Waals surface area contributed by atoms with Gasteiger partial charge < -0.3 is 20.7 Å². The van der Waals surface area contributed by atoms with Gasteiger partial charge in [-0.2, -0.15) is 0 Å². The van der Waals surface area contributed by atoms with Crippen LogP contribution in [0.4, 0.5) is 5.82 Å². The van der Waals surface area contributed by atoms with Crippen molar-refractivity contribution in [1.82, 2.24) is 19.5 Å². The molecule has 0 spiro atoms. The normalized spacial score (nSPS) is 25.0. The third kappa shape index (κ3) is 2.23. The lowest BCUT2D eigenvalue weighted by Gasteiger charge is -2.17. The van der Waals surface area contributed by atoms with Gasteiger partial charge in [0.1, 0.15) is 29.4 Å². The molecule has 0 radical (unpaired) electrons. The van der Waals surface area contributed by atoms with E-state index in [1.165, 1.54) is 4.57 Å². The first-order valence-electron chi connectivity index (χ1n) is 6.89. The molecule has 0 bridgehead atoms. The first-order chi connectivity index (χ1) is 10.4. The maximum Gasteiger partial charge on any atom is 0.275 e. The number of nitrogens with two attached hydrogens (primary N) is 1. The zero-order chi connectivity index (χ0) is 16.0. The van der Waals surface area contributed by atoms with Gasteiger partial charge in [-0.1, -0.05) is 0 Å². The molecule has 0 aliphatic carbocycles. The fourth-order valence-electron chi connectivity index (χ4n) is 2.64. The summed E-state index contributed by atoms with van der Waals surface area (Å²) >= 11 is 0. The molecule has 3 atom stereocenters. The molecule has 3 rings (SSSR count). The number of aliphatic hydroxyl groups is 2. The average Bonchev–Trinajstić information content (AvgIpc) is 2.82. The van der Waals surface area contributed by atoms with Gasteiger partial charge in [0.05, 0.1) is 12.7 Å². The Hall–Kier alpha value is -2.10. The van der Waals surface area contributed by atoms with Gasteiger partial charge in [-0.3, -0.25) is 9.36 Å². The van der Waals surface area contributed by atoms with Crippen molar-refractivity contribution < 1.29 is 14.9 Å². The number of aliphatic hydroxyl groups excluding tert-OH is 2. The average molecular weight is 307 g/mol. The summed E-state index contributed by atoms with van der Waals surface area (Å²) in [7, 11) is 0. The van der Waals surface area contributed by atoms with Gasteiger partial charge in [0.2, 0.25) is 0 Å². The summed E-state index contributed by atoms with van der Waals surface area (Å²) in [6, 6.07) is 0. The first-order valence-corrected chi connectivity index (χ1v) is 6.89. The molecule has 0 saturated carbocycles. The van der Waals surface area contributed by atoms with Crippen LogP contribution in [0.1, 0.15) is 24.2 Å². The fraction of sp³-hybridized carbons (Fsp3) is 0.538. The van der Waals surface area contributed by atoms with Crippen LogP contribution in [0.3, 0.4) is 0 Å². The number of hydrogen-bond acceptors (Lipinski definition) is 8. The van der Waals surface area contributed by atoms with Crippen molar-refractivity contribution in [3.05, 3.63) is 21.9 Å². The van der Waals surface area contributed by atoms with Gasteiger partial charge in [-0.15, -0.1) is 0 Å². The van der Waals surface area contributed by atoms with Crippen LogP contribution in [0.5, 0.6) is 0 Å². The summed E-state index contributed by atoms with van der Waals surface area (Å²) in [4.78, 5) is 24.9. The predicted octanol–water partition coefficient (Wildman–Crippen LogP) is -0.974. The number of rotatable bonds is 2. The molecule has 3 unspecified atom stereocenters. The Morgan fingerprint density at radius 2 is 2.09 bits per heavy atom. The van der Waals surface area contributed by atoms with Gasteiger partial charge in [-0.25, -0.2) is 15.0 Å². The van der Waals surface area contributed by atoms with Crippen LogP contribution >= 0.6 is 0 Å². The second-order valence-corrected chi connectivity index (χ2v) is 5.32. The zero-order valence-electron chi connectivity index (χ0n) is 12.2. The molecule has 0 aromatic carbocycles. The number of nitrogen functional groups attached to an aromatic ring is 1. The molecule has 2 aromatic heterocycles. The summed E-state index contributed by atoms with van der Waals surface area (Å²) in [6.07, 6.45) is -2.16. The maximum atomic E-state index is 12.5. The monoisotopic (exact) mass is 307 g/mol. The van der Waals surface area contributed by atoms with Gasteiger partial charge in [0.15, 0.2) is 11.5 Å². The van der Waals surface area contributed by atoms with Crippen molar-refractivity contribution in [3.8, 4) is 0 Å². The van der Waals surface area contributed by atoms with E-state index in [1.54, 1.807) is 13.8 Å². The molecule has 0 amide bonds. The number of aryl methyl sites for hydroxylation is 2. The Morgan fingerprint density at radius 3 is 2.73 bits per heavy atom. The third-order valence-corrected chi connectivity index (χ3v) is 3.71. The molecular formula is C13H17N5O4. The standard InChI is InChI=1S/C13H17N5O4/c1-5-13(21)18(9-3-7(20)8(4-19)22-9)12-10(15-5)11(14)16-6(2)17-12/h7-9,19-20H,3-4H2,1-2H3,(H2,14,16,17). The molecule has 1 saturated heterocycles.